The summed E-state index contributed by atoms with van der Waals surface area (Å²) in [5, 5.41) is 12.1. The van der Waals surface area contributed by atoms with E-state index in [1.807, 2.05) is 0 Å². The quantitative estimate of drug-likeness (QED) is 0.488. The van der Waals surface area contributed by atoms with Crippen molar-refractivity contribution >= 4 is 32.7 Å². The first-order chi connectivity index (χ1) is 7.24. The van der Waals surface area contributed by atoms with Gasteiger partial charge in [-0.2, -0.15) is 0 Å². The molecule has 2 aromatic heterocycles. The summed E-state index contributed by atoms with van der Waals surface area (Å²) in [5.41, 5.74) is 0.766. The normalized spacial score (nSPS) is 10.7. The minimum absolute atomic E-state index is 0.110. The average molecular weight is 270 g/mol. The van der Waals surface area contributed by atoms with E-state index in [9.17, 15) is 10.1 Å². The van der Waals surface area contributed by atoms with Crippen molar-refractivity contribution in [3.8, 4) is 0 Å². The fourth-order valence-corrected chi connectivity index (χ4v) is 1.89. The van der Waals surface area contributed by atoms with Gasteiger partial charge in [-0.05, 0) is 12.1 Å². The Morgan fingerprint density at radius 1 is 1.60 bits per heavy atom. The summed E-state index contributed by atoms with van der Waals surface area (Å²) in [7, 11) is 0. The number of aromatic nitrogens is 2. The van der Waals surface area contributed by atoms with Crippen LogP contribution in [0.1, 0.15) is 0 Å². The Labute approximate surface area is 94.0 Å². The molecule has 0 aliphatic heterocycles. The van der Waals surface area contributed by atoms with E-state index in [2.05, 4.69) is 20.9 Å². The summed E-state index contributed by atoms with van der Waals surface area (Å²) in [5.74, 6) is 0. The Bertz CT molecular complexity index is 509. The van der Waals surface area contributed by atoms with Crippen LogP contribution in [0.3, 0.4) is 0 Å². The zero-order valence-electron chi connectivity index (χ0n) is 7.76. The van der Waals surface area contributed by atoms with Crippen LogP contribution < -0.4 is 0 Å². The molecule has 0 bridgehead atoms. The molecule has 0 amide bonds. The molecule has 0 aromatic carbocycles. The number of fused-ring (bicyclic) bond motifs is 1. The van der Waals surface area contributed by atoms with Crippen LogP contribution in [0, 0.1) is 10.1 Å². The molecule has 2 aromatic rings. The predicted octanol–water partition coefficient (Wildman–Crippen LogP) is 2.34. The Balaban J connectivity index is 2.67. The Hall–Kier alpha value is -1.43. The maximum atomic E-state index is 10.8. The van der Waals surface area contributed by atoms with Crippen LogP contribution in [0.2, 0.25) is 0 Å². The highest BCUT2D eigenvalue weighted by molar-refractivity contribution is 9.09. The molecule has 5 nitrogen and oxygen atoms in total. The van der Waals surface area contributed by atoms with Crippen LogP contribution >= 0.6 is 15.9 Å². The number of halogens is 1. The number of nitrogens with zero attached hydrogens (tertiary/aromatic N) is 3. The summed E-state index contributed by atoms with van der Waals surface area (Å²) in [4.78, 5) is 14.5. The van der Waals surface area contributed by atoms with Crippen molar-refractivity contribution in [2.45, 2.75) is 6.54 Å². The molecule has 15 heavy (non-hydrogen) atoms. The number of hydrogen-bond acceptors (Lipinski definition) is 3. The van der Waals surface area contributed by atoms with Crippen molar-refractivity contribution in [2.75, 3.05) is 5.33 Å². The van der Waals surface area contributed by atoms with Gasteiger partial charge < -0.3 is 4.57 Å². The Morgan fingerprint density at radius 2 is 2.40 bits per heavy atom. The number of alkyl halides is 1. The molecule has 0 radical (unpaired) electrons. The van der Waals surface area contributed by atoms with Crippen LogP contribution in [-0.2, 0) is 6.54 Å². The lowest BCUT2D eigenvalue weighted by atomic mass is 10.3. The monoisotopic (exact) mass is 269 g/mol. The molecule has 6 heteroatoms. The summed E-state index contributed by atoms with van der Waals surface area (Å²) >= 11 is 3.30. The van der Waals surface area contributed by atoms with Gasteiger partial charge in [0.2, 0.25) is 0 Å². The first-order valence-corrected chi connectivity index (χ1v) is 5.50. The fraction of sp³-hybridized carbons (Fsp3) is 0.222. The van der Waals surface area contributed by atoms with Crippen molar-refractivity contribution < 1.29 is 4.92 Å². The SMILES string of the molecule is O=[N+]([O-])c1cn(CCBr)c2ncccc12. The third-order valence-electron chi connectivity index (χ3n) is 2.13. The molecule has 78 valence electrons. The minimum Gasteiger partial charge on any atom is -0.325 e. The second-order valence-electron chi connectivity index (χ2n) is 3.03. The van der Waals surface area contributed by atoms with Crippen LogP contribution in [0.15, 0.2) is 24.5 Å². The zero-order valence-corrected chi connectivity index (χ0v) is 9.35. The summed E-state index contributed by atoms with van der Waals surface area (Å²) in [6.45, 7) is 0.668. The lowest BCUT2D eigenvalue weighted by molar-refractivity contribution is -0.383. The van der Waals surface area contributed by atoms with Gasteiger partial charge in [-0.15, -0.1) is 0 Å². The van der Waals surface area contributed by atoms with Gasteiger partial charge in [-0.25, -0.2) is 4.98 Å². The predicted molar refractivity (Wildman–Crippen MR) is 60.2 cm³/mol. The number of aryl methyl sites for hydroxylation is 1. The van der Waals surface area contributed by atoms with Gasteiger partial charge in [0.15, 0.2) is 0 Å². The third kappa shape index (κ3) is 1.72. The van der Waals surface area contributed by atoms with Crippen molar-refractivity contribution in [3.63, 3.8) is 0 Å². The largest absolute Gasteiger partial charge is 0.325 e. The maximum Gasteiger partial charge on any atom is 0.296 e. The molecular weight excluding hydrogens is 262 g/mol. The number of hydrogen-bond donors (Lipinski definition) is 0. The van der Waals surface area contributed by atoms with Gasteiger partial charge in [0.05, 0.1) is 16.5 Å². The van der Waals surface area contributed by atoms with Crippen molar-refractivity contribution in [2.24, 2.45) is 0 Å². The summed E-state index contributed by atoms with van der Waals surface area (Å²) < 4.78 is 1.78. The lowest BCUT2D eigenvalue weighted by Crippen LogP contribution is -1.97. The molecule has 0 saturated carbocycles. The van der Waals surface area contributed by atoms with E-state index >= 15 is 0 Å². The molecule has 2 heterocycles. The van der Waals surface area contributed by atoms with Gasteiger partial charge in [0.25, 0.3) is 5.69 Å². The molecule has 0 saturated heterocycles. The van der Waals surface area contributed by atoms with Crippen LogP contribution in [0.25, 0.3) is 11.0 Å². The summed E-state index contributed by atoms with van der Waals surface area (Å²) in [6, 6.07) is 3.42. The highest BCUT2D eigenvalue weighted by atomic mass is 79.9. The van der Waals surface area contributed by atoms with Gasteiger partial charge in [-0.3, -0.25) is 10.1 Å². The maximum absolute atomic E-state index is 10.8. The molecule has 0 spiro atoms. The molecule has 0 aliphatic carbocycles. The first kappa shape index (κ1) is 10.1. The highest BCUT2D eigenvalue weighted by Gasteiger charge is 2.17. The van der Waals surface area contributed by atoms with Gasteiger partial charge >= 0.3 is 0 Å². The van der Waals surface area contributed by atoms with Gasteiger partial charge in [0.1, 0.15) is 5.65 Å². The van der Waals surface area contributed by atoms with Crippen molar-refractivity contribution in [1.29, 1.82) is 0 Å². The second-order valence-corrected chi connectivity index (χ2v) is 3.82. The Morgan fingerprint density at radius 3 is 3.07 bits per heavy atom. The van der Waals surface area contributed by atoms with E-state index in [-0.39, 0.29) is 10.6 Å². The van der Waals surface area contributed by atoms with Crippen molar-refractivity contribution in [3.05, 3.63) is 34.6 Å². The molecule has 2 rings (SSSR count). The van der Waals surface area contributed by atoms with Crippen molar-refractivity contribution in [1.82, 2.24) is 9.55 Å². The molecule has 0 atom stereocenters. The van der Waals surface area contributed by atoms with E-state index in [4.69, 9.17) is 0 Å². The van der Waals surface area contributed by atoms with Gasteiger partial charge in [0, 0.05) is 18.1 Å². The van der Waals surface area contributed by atoms with E-state index in [0.717, 1.165) is 5.33 Å². The van der Waals surface area contributed by atoms with E-state index in [1.54, 1.807) is 22.9 Å². The highest BCUT2D eigenvalue weighted by Crippen LogP contribution is 2.25. The smallest absolute Gasteiger partial charge is 0.296 e. The fourth-order valence-electron chi connectivity index (χ4n) is 1.51. The molecule has 0 aliphatic rings. The van der Waals surface area contributed by atoms with Crippen LogP contribution in [0.5, 0.6) is 0 Å². The third-order valence-corrected chi connectivity index (χ3v) is 2.49. The number of nitro groups is 1. The van der Waals surface area contributed by atoms with Crippen LogP contribution in [0.4, 0.5) is 5.69 Å². The summed E-state index contributed by atoms with van der Waals surface area (Å²) in [6.07, 6.45) is 3.16. The number of rotatable bonds is 3. The average Bonchev–Trinajstić information content (AvgIpc) is 2.59. The molecule has 0 fully saturated rings. The number of pyridine rings is 1. The molecule has 0 unspecified atom stereocenters. The van der Waals surface area contributed by atoms with Gasteiger partial charge in [-0.1, -0.05) is 15.9 Å². The van der Waals surface area contributed by atoms with E-state index < -0.39 is 0 Å². The Kier molecular flexibility index (Phi) is 2.68. The van der Waals surface area contributed by atoms with Crippen LogP contribution in [-0.4, -0.2) is 19.8 Å². The minimum atomic E-state index is -0.380. The molecular formula is C9H8BrN3O2. The van der Waals surface area contributed by atoms with E-state index in [1.165, 1.54) is 6.20 Å². The topological polar surface area (TPSA) is 61.0 Å². The molecule has 0 N–H and O–H groups in total. The first-order valence-electron chi connectivity index (χ1n) is 4.38. The lowest BCUT2D eigenvalue weighted by Gasteiger charge is -1.98. The second kappa shape index (κ2) is 3.98. The zero-order chi connectivity index (χ0) is 10.8. The van der Waals surface area contributed by atoms with E-state index in [0.29, 0.717) is 17.6 Å². The standard InChI is InChI=1S/C9H8BrN3O2/c10-3-5-12-6-8(13(14)15)7-2-1-4-11-9(7)12/h1-2,4,6H,3,5H2.